The van der Waals surface area contributed by atoms with Crippen molar-refractivity contribution in [2.24, 2.45) is 4.52 Å². The van der Waals surface area contributed by atoms with Gasteiger partial charge in [-0.15, -0.1) is 4.52 Å². The highest BCUT2D eigenvalue weighted by Crippen LogP contribution is 2.77. The van der Waals surface area contributed by atoms with Crippen molar-refractivity contribution in [2.75, 3.05) is 6.61 Å². The minimum absolute atomic E-state index is 0.250. The van der Waals surface area contributed by atoms with Gasteiger partial charge in [-0.3, -0.25) is 0 Å². The molecule has 0 fully saturated rings. The maximum Gasteiger partial charge on any atom is 0.447 e. The zero-order chi connectivity index (χ0) is 35.1. The lowest BCUT2D eigenvalue weighted by molar-refractivity contribution is 0.0545. The molecule has 1 heterocycles. The van der Waals surface area contributed by atoms with Crippen LogP contribution in [0.5, 0.6) is 34.5 Å². The maximum absolute atomic E-state index is 7.57. The third-order valence-corrected chi connectivity index (χ3v) is 13.4. The average molecular weight is 740 g/mol. The zero-order valence-corrected chi connectivity index (χ0v) is 30.3. The van der Waals surface area contributed by atoms with Gasteiger partial charge in [0.1, 0.15) is 34.5 Å². The Bertz CT molecular complexity index is 1890. The van der Waals surface area contributed by atoms with E-state index in [0.717, 1.165) is 0 Å². The third-order valence-electron chi connectivity index (χ3n) is 6.50. The Balaban J connectivity index is 0.00000144. The maximum atomic E-state index is 7.57. The largest absolute Gasteiger partial charge is 0.447 e. The topological polar surface area (TPSA) is 94.5 Å². The number of nitrogens with zero attached hydrogens (tertiary/aromatic N) is 3. The highest BCUT2D eigenvalue weighted by molar-refractivity contribution is 7.78. The Labute approximate surface area is 300 Å². The number of para-hydroxylation sites is 6. The second-order valence-electron chi connectivity index (χ2n) is 10.3. The van der Waals surface area contributed by atoms with Crippen LogP contribution in [-0.2, 0) is 0 Å². The summed E-state index contributed by atoms with van der Waals surface area (Å²) in [5.74, 6) is 3.27. The summed E-state index contributed by atoms with van der Waals surface area (Å²) in [6.07, 6.45) is 0. The van der Waals surface area contributed by atoms with Gasteiger partial charge in [-0.1, -0.05) is 109 Å². The summed E-state index contributed by atoms with van der Waals surface area (Å²) >= 11 is 0. The summed E-state index contributed by atoms with van der Waals surface area (Å²) in [5, 5.41) is 7.57. The normalized spacial score (nSPS) is 16.7. The van der Waals surface area contributed by atoms with Crippen molar-refractivity contribution in [1.29, 1.82) is 0 Å². The van der Waals surface area contributed by atoms with Crippen LogP contribution in [0, 0.1) is 0 Å². The summed E-state index contributed by atoms with van der Waals surface area (Å²) in [5.41, 5.74) is 0. The Morgan fingerprint density at radius 1 is 0.490 bits per heavy atom. The number of benzene rings is 6. The first kappa shape index (κ1) is 35.9. The van der Waals surface area contributed by atoms with E-state index in [4.69, 9.17) is 37.4 Å². The first-order chi connectivity index (χ1) is 25.2. The predicted octanol–water partition coefficient (Wildman–Crippen LogP) is 11.3. The van der Waals surface area contributed by atoms with Crippen LogP contribution in [0.3, 0.4) is 0 Å². The number of rotatable bonds is 12. The predicted molar refractivity (Wildman–Crippen MR) is 202 cm³/mol. The van der Waals surface area contributed by atoms with Gasteiger partial charge in [-0.05, 0) is 79.7 Å². The standard InChI is InChI=1S/C36H30N3O6P3.C2H6O/c1-7-19-31(20-8-1)40-38-46(42-33-23-11-3-12-24-33)37-48(44-35-27-15-5-16-28-35,45-36-29-17-6-18-30-36)39(41-32-21-9-2-10-22-32)47(38)43-34-25-13-4-14-26-34;1-2-3/h1-30H;3H,2H2,1H3. The van der Waals surface area contributed by atoms with Crippen molar-refractivity contribution >= 4 is 24.6 Å². The molecule has 6 aromatic carbocycles. The van der Waals surface area contributed by atoms with E-state index in [0.29, 0.717) is 34.5 Å². The summed E-state index contributed by atoms with van der Waals surface area (Å²) in [6.45, 7) is 1.93. The van der Waals surface area contributed by atoms with E-state index in [1.165, 1.54) is 0 Å². The molecule has 7 rings (SSSR count). The quantitative estimate of drug-likeness (QED) is 0.123. The molecule has 51 heavy (non-hydrogen) atoms. The van der Waals surface area contributed by atoms with E-state index in [1.807, 2.05) is 182 Å². The fourth-order valence-electron chi connectivity index (χ4n) is 4.34. The van der Waals surface area contributed by atoms with Crippen molar-refractivity contribution in [3.8, 4) is 34.5 Å². The third kappa shape index (κ3) is 9.87. The lowest BCUT2D eigenvalue weighted by atomic mass is 10.3. The molecule has 0 saturated carbocycles. The van der Waals surface area contributed by atoms with Gasteiger partial charge in [-0.25, -0.2) is 0 Å². The molecule has 10 nitrogen and oxygen atoms in total. The van der Waals surface area contributed by atoms with Crippen molar-refractivity contribution < 1.29 is 32.9 Å². The van der Waals surface area contributed by atoms with Crippen molar-refractivity contribution in [1.82, 2.24) is 9.21 Å². The van der Waals surface area contributed by atoms with Gasteiger partial charge >= 0.3 is 24.6 Å². The summed E-state index contributed by atoms with van der Waals surface area (Å²) in [4.78, 5) is 13.4. The van der Waals surface area contributed by atoms with Crippen molar-refractivity contribution in [2.45, 2.75) is 6.92 Å². The van der Waals surface area contributed by atoms with Crippen LogP contribution in [-0.4, -0.2) is 20.9 Å². The summed E-state index contributed by atoms with van der Waals surface area (Å²) in [7, 11) is -7.86. The van der Waals surface area contributed by atoms with E-state index >= 15 is 0 Å². The Morgan fingerprint density at radius 2 is 0.824 bits per heavy atom. The van der Waals surface area contributed by atoms with Gasteiger partial charge < -0.3 is 32.9 Å². The van der Waals surface area contributed by atoms with E-state index < -0.39 is 24.6 Å². The number of aliphatic hydroxyl groups excluding tert-OH is 1. The molecule has 1 aliphatic rings. The molecule has 0 radical (unpaired) electrons. The van der Waals surface area contributed by atoms with Crippen LogP contribution in [0.2, 0.25) is 0 Å². The van der Waals surface area contributed by atoms with E-state index in [2.05, 4.69) is 0 Å². The number of hydrogen-bond acceptors (Lipinski definition) is 10. The minimum Gasteiger partial charge on any atom is -0.440 e. The first-order valence-corrected chi connectivity index (χ1v) is 19.9. The molecule has 6 aromatic rings. The molecule has 13 heteroatoms. The molecular formula is C38H36N3O7P3. The van der Waals surface area contributed by atoms with Crippen LogP contribution in [0.25, 0.3) is 0 Å². The summed E-state index contributed by atoms with van der Waals surface area (Å²) in [6, 6.07) is 56.4. The Morgan fingerprint density at radius 3 is 1.24 bits per heavy atom. The molecule has 2 atom stereocenters. The molecule has 260 valence electrons. The highest BCUT2D eigenvalue weighted by atomic mass is 31.3. The van der Waals surface area contributed by atoms with Crippen LogP contribution >= 0.6 is 24.6 Å². The van der Waals surface area contributed by atoms with Gasteiger partial charge in [0.2, 0.25) is 0 Å². The minimum atomic E-state index is -3.72. The van der Waals surface area contributed by atoms with Crippen LogP contribution in [0.1, 0.15) is 6.92 Å². The molecule has 0 spiro atoms. The second-order valence-corrected chi connectivity index (χ2v) is 15.9. The molecule has 2 unspecified atom stereocenters. The zero-order valence-electron chi connectivity index (χ0n) is 27.6. The summed E-state index contributed by atoms with van der Waals surface area (Å²) < 4.78 is 35.7. The Kier molecular flexibility index (Phi) is 12.9. The first-order valence-electron chi connectivity index (χ1n) is 16.0. The van der Waals surface area contributed by atoms with E-state index in [9.17, 15) is 0 Å². The van der Waals surface area contributed by atoms with Gasteiger partial charge in [0.25, 0.3) is 0 Å². The van der Waals surface area contributed by atoms with Gasteiger partial charge in [0, 0.05) is 15.8 Å². The van der Waals surface area contributed by atoms with E-state index in [1.54, 1.807) is 16.1 Å². The SMILES string of the molecule is CCO.c1ccc(ON2P(Oc3ccccc3)N=P(Oc3ccccc3)(Oc3ccccc3)N(Oc3ccccc3)P2Oc2ccccc2)cc1. The molecule has 0 amide bonds. The fraction of sp³-hybridized carbons (Fsp3) is 0.0526. The smallest absolute Gasteiger partial charge is 0.440 e. The fourth-order valence-corrected chi connectivity index (χ4v) is 11.8. The van der Waals surface area contributed by atoms with Gasteiger partial charge in [0.15, 0.2) is 0 Å². The van der Waals surface area contributed by atoms with Crippen LogP contribution < -0.4 is 27.8 Å². The monoisotopic (exact) mass is 739 g/mol. The molecule has 1 N–H and O–H groups in total. The lowest BCUT2D eigenvalue weighted by Crippen LogP contribution is -2.37. The van der Waals surface area contributed by atoms with E-state index in [-0.39, 0.29) is 6.61 Å². The molecule has 0 saturated heterocycles. The molecule has 1 aliphatic heterocycles. The molecule has 0 bridgehead atoms. The number of hydrogen-bond donors (Lipinski definition) is 1. The van der Waals surface area contributed by atoms with Crippen LogP contribution in [0.15, 0.2) is 187 Å². The molecule has 0 aliphatic carbocycles. The average Bonchev–Trinajstić information content (AvgIpc) is 3.17. The molecular weight excluding hydrogens is 703 g/mol. The van der Waals surface area contributed by atoms with Crippen molar-refractivity contribution in [3.63, 3.8) is 0 Å². The van der Waals surface area contributed by atoms with Crippen molar-refractivity contribution in [3.05, 3.63) is 182 Å². The molecule has 0 aromatic heterocycles. The second kappa shape index (κ2) is 18.4. The lowest BCUT2D eigenvalue weighted by Gasteiger charge is -2.43. The van der Waals surface area contributed by atoms with Crippen LogP contribution in [0.4, 0.5) is 0 Å². The number of aliphatic hydroxyl groups is 1. The Hall–Kier alpha value is -4.91. The van der Waals surface area contributed by atoms with Gasteiger partial charge in [-0.2, -0.15) is 0 Å². The van der Waals surface area contributed by atoms with Gasteiger partial charge in [0.05, 0.1) is 0 Å². The highest BCUT2D eigenvalue weighted by Gasteiger charge is 2.58.